The highest BCUT2D eigenvalue weighted by molar-refractivity contribution is 6.30. The number of aryl methyl sites for hydroxylation is 1. The summed E-state index contributed by atoms with van der Waals surface area (Å²) in [5, 5.41) is 3.96. The van der Waals surface area contributed by atoms with E-state index in [1.807, 2.05) is 44.3 Å². The third kappa shape index (κ3) is 3.79. The lowest BCUT2D eigenvalue weighted by Gasteiger charge is -2.17. The van der Waals surface area contributed by atoms with Crippen molar-refractivity contribution in [2.75, 3.05) is 7.05 Å². The first-order chi connectivity index (χ1) is 9.08. The van der Waals surface area contributed by atoms with Crippen molar-refractivity contribution in [2.45, 2.75) is 19.4 Å². The van der Waals surface area contributed by atoms with Crippen LogP contribution in [0.2, 0.25) is 5.02 Å². The van der Waals surface area contributed by atoms with E-state index < -0.39 is 0 Å². The third-order valence-electron chi connectivity index (χ3n) is 3.14. The molecule has 0 bridgehead atoms. The van der Waals surface area contributed by atoms with E-state index in [9.17, 15) is 4.39 Å². The lowest BCUT2D eigenvalue weighted by atomic mass is 9.97. The van der Waals surface area contributed by atoms with E-state index in [1.54, 1.807) is 6.07 Å². The average molecular weight is 278 g/mol. The highest BCUT2D eigenvalue weighted by Gasteiger charge is 2.12. The summed E-state index contributed by atoms with van der Waals surface area (Å²) in [7, 11) is 1.88. The first-order valence-corrected chi connectivity index (χ1v) is 6.65. The largest absolute Gasteiger partial charge is 0.313 e. The molecule has 1 unspecified atom stereocenters. The van der Waals surface area contributed by atoms with E-state index in [0.29, 0.717) is 0 Å². The molecular weight excluding hydrogens is 261 g/mol. The van der Waals surface area contributed by atoms with Crippen molar-refractivity contribution >= 4 is 11.6 Å². The molecule has 0 saturated carbocycles. The predicted octanol–water partition coefficient (Wildman–Crippen LogP) is 4.29. The fraction of sp³-hybridized carbons (Fsp3) is 0.250. The van der Waals surface area contributed by atoms with Gasteiger partial charge in [0.1, 0.15) is 5.82 Å². The van der Waals surface area contributed by atoms with Crippen molar-refractivity contribution in [3.8, 4) is 0 Å². The molecule has 2 aromatic carbocycles. The van der Waals surface area contributed by atoms with Gasteiger partial charge in [0, 0.05) is 11.1 Å². The highest BCUT2D eigenvalue weighted by atomic mass is 35.5. The van der Waals surface area contributed by atoms with Gasteiger partial charge in [-0.25, -0.2) is 4.39 Å². The lowest BCUT2D eigenvalue weighted by Crippen LogP contribution is -2.19. The van der Waals surface area contributed by atoms with Crippen LogP contribution in [0.4, 0.5) is 4.39 Å². The number of benzene rings is 2. The summed E-state index contributed by atoms with van der Waals surface area (Å²) >= 11 is 5.99. The van der Waals surface area contributed by atoms with Gasteiger partial charge in [-0.05, 0) is 61.3 Å². The topological polar surface area (TPSA) is 12.0 Å². The Hall–Kier alpha value is -1.38. The molecule has 0 aromatic heterocycles. The number of likely N-dealkylation sites (N-methyl/N-ethyl adjacent to an activating group) is 1. The molecular formula is C16H17ClFN. The van der Waals surface area contributed by atoms with Crippen LogP contribution in [0.15, 0.2) is 42.5 Å². The highest BCUT2D eigenvalue weighted by Crippen LogP contribution is 2.22. The van der Waals surface area contributed by atoms with Gasteiger partial charge in [-0.1, -0.05) is 29.8 Å². The SMILES string of the molecule is CNC(Cc1cccc(Cl)c1)c1cc(C)cc(F)c1. The molecule has 1 nitrogen and oxygen atoms in total. The second-order valence-corrected chi connectivity index (χ2v) is 5.17. The first-order valence-electron chi connectivity index (χ1n) is 6.27. The maximum absolute atomic E-state index is 13.5. The van der Waals surface area contributed by atoms with Crippen molar-refractivity contribution in [3.05, 3.63) is 70.0 Å². The third-order valence-corrected chi connectivity index (χ3v) is 3.38. The minimum absolute atomic E-state index is 0.0767. The zero-order valence-corrected chi connectivity index (χ0v) is 11.8. The van der Waals surface area contributed by atoms with Crippen LogP contribution in [-0.4, -0.2) is 7.05 Å². The Morgan fingerprint density at radius 1 is 1.21 bits per heavy atom. The molecule has 0 saturated heterocycles. The minimum atomic E-state index is -0.193. The zero-order valence-electron chi connectivity index (χ0n) is 11.1. The summed E-state index contributed by atoms with van der Waals surface area (Å²) in [6.45, 7) is 1.90. The maximum Gasteiger partial charge on any atom is 0.123 e. The molecule has 0 aliphatic rings. The van der Waals surface area contributed by atoms with E-state index in [2.05, 4.69) is 5.32 Å². The molecule has 0 radical (unpaired) electrons. The van der Waals surface area contributed by atoms with Gasteiger partial charge in [0.25, 0.3) is 0 Å². The van der Waals surface area contributed by atoms with E-state index in [4.69, 9.17) is 11.6 Å². The molecule has 100 valence electrons. The summed E-state index contributed by atoms with van der Waals surface area (Å²) in [6, 6.07) is 13.0. The van der Waals surface area contributed by atoms with Crippen LogP contribution in [-0.2, 0) is 6.42 Å². The summed E-state index contributed by atoms with van der Waals surface area (Å²) in [6.07, 6.45) is 0.778. The van der Waals surface area contributed by atoms with E-state index in [1.165, 1.54) is 6.07 Å². The van der Waals surface area contributed by atoms with Gasteiger partial charge < -0.3 is 5.32 Å². The van der Waals surface area contributed by atoms with Gasteiger partial charge in [-0.2, -0.15) is 0 Å². The van der Waals surface area contributed by atoms with Gasteiger partial charge in [0.15, 0.2) is 0 Å². The van der Waals surface area contributed by atoms with Crippen LogP contribution in [0.5, 0.6) is 0 Å². The van der Waals surface area contributed by atoms with Gasteiger partial charge >= 0.3 is 0 Å². The summed E-state index contributed by atoms with van der Waals surface area (Å²) in [5.74, 6) is -0.193. The number of hydrogen-bond donors (Lipinski definition) is 1. The smallest absolute Gasteiger partial charge is 0.123 e. The molecule has 0 aliphatic heterocycles. The van der Waals surface area contributed by atoms with E-state index in [0.717, 1.165) is 28.1 Å². The van der Waals surface area contributed by atoms with Crippen LogP contribution in [0.25, 0.3) is 0 Å². The number of nitrogens with one attached hydrogen (secondary N) is 1. The number of rotatable bonds is 4. The fourth-order valence-corrected chi connectivity index (χ4v) is 2.46. The average Bonchev–Trinajstić information content (AvgIpc) is 2.34. The maximum atomic E-state index is 13.5. The van der Waals surface area contributed by atoms with Crippen molar-refractivity contribution in [3.63, 3.8) is 0 Å². The van der Waals surface area contributed by atoms with E-state index in [-0.39, 0.29) is 11.9 Å². The second kappa shape index (κ2) is 6.18. The van der Waals surface area contributed by atoms with Crippen LogP contribution in [0, 0.1) is 12.7 Å². The first kappa shape index (κ1) is 14.0. The summed E-state index contributed by atoms with van der Waals surface area (Å²) in [5.41, 5.74) is 3.02. The quantitative estimate of drug-likeness (QED) is 0.879. The van der Waals surface area contributed by atoms with Gasteiger partial charge in [0.05, 0.1) is 0 Å². The monoisotopic (exact) mass is 277 g/mol. The lowest BCUT2D eigenvalue weighted by molar-refractivity contribution is 0.576. The molecule has 0 fully saturated rings. The van der Waals surface area contributed by atoms with Crippen LogP contribution in [0.3, 0.4) is 0 Å². The van der Waals surface area contributed by atoms with Crippen molar-refractivity contribution in [2.24, 2.45) is 0 Å². The predicted molar refractivity (Wildman–Crippen MR) is 78.1 cm³/mol. The summed E-state index contributed by atoms with van der Waals surface area (Å²) < 4.78 is 13.5. The Labute approximate surface area is 118 Å². The van der Waals surface area contributed by atoms with Gasteiger partial charge in [-0.3, -0.25) is 0 Å². The van der Waals surface area contributed by atoms with Gasteiger partial charge in [0.2, 0.25) is 0 Å². The van der Waals surface area contributed by atoms with Crippen LogP contribution in [0.1, 0.15) is 22.7 Å². The molecule has 2 aromatic rings. The Kier molecular flexibility index (Phi) is 4.56. The Balaban J connectivity index is 2.24. The molecule has 0 spiro atoms. The molecule has 0 heterocycles. The minimum Gasteiger partial charge on any atom is -0.313 e. The number of hydrogen-bond acceptors (Lipinski definition) is 1. The molecule has 0 aliphatic carbocycles. The molecule has 3 heteroatoms. The zero-order chi connectivity index (χ0) is 13.8. The Bertz CT molecular complexity index is 548. The molecule has 1 N–H and O–H groups in total. The van der Waals surface area contributed by atoms with Crippen molar-refractivity contribution in [1.82, 2.24) is 5.32 Å². The fourth-order valence-electron chi connectivity index (χ4n) is 2.25. The van der Waals surface area contributed by atoms with Crippen LogP contribution < -0.4 is 5.32 Å². The molecule has 2 rings (SSSR count). The Morgan fingerprint density at radius 3 is 2.63 bits per heavy atom. The van der Waals surface area contributed by atoms with Crippen molar-refractivity contribution < 1.29 is 4.39 Å². The van der Waals surface area contributed by atoms with Gasteiger partial charge in [-0.15, -0.1) is 0 Å². The summed E-state index contributed by atoms with van der Waals surface area (Å²) in [4.78, 5) is 0. The normalized spacial score (nSPS) is 12.4. The van der Waals surface area contributed by atoms with Crippen molar-refractivity contribution in [1.29, 1.82) is 0 Å². The number of halogens is 2. The standard InChI is InChI=1S/C16H17ClFN/c1-11-6-13(10-15(18)7-11)16(19-2)9-12-4-3-5-14(17)8-12/h3-8,10,16,19H,9H2,1-2H3. The molecule has 0 amide bonds. The molecule has 1 atom stereocenters. The van der Waals surface area contributed by atoms with E-state index >= 15 is 0 Å². The second-order valence-electron chi connectivity index (χ2n) is 4.74. The Morgan fingerprint density at radius 2 is 2.00 bits per heavy atom. The van der Waals surface area contributed by atoms with Crippen LogP contribution >= 0.6 is 11.6 Å². The molecule has 19 heavy (non-hydrogen) atoms.